The van der Waals surface area contributed by atoms with Gasteiger partial charge >= 0.3 is 0 Å². The Morgan fingerprint density at radius 3 is 1.61 bits per heavy atom. The molecule has 0 radical (unpaired) electrons. The minimum atomic E-state index is -2.19. The van der Waals surface area contributed by atoms with Gasteiger partial charge in [0.25, 0.3) is 0 Å². The van der Waals surface area contributed by atoms with Crippen LogP contribution in [0.1, 0.15) is 62.3 Å². The average Bonchev–Trinajstić information content (AvgIpc) is 3.01. The second-order valence-electron chi connectivity index (χ2n) is 12.3. The maximum atomic E-state index is 12.8. The van der Waals surface area contributed by atoms with Gasteiger partial charge in [0.1, 0.15) is 12.4 Å². The zero-order chi connectivity index (χ0) is 22.5. The summed E-state index contributed by atoms with van der Waals surface area (Å²) >= 11 is 0. The second-order valence-corrected chi connectivity index (χ2v) is 21.8. The topological polar surface area (TPSA) is 52.6 Å². The van der Waals surface area contributed by atoms with Crippen LogP contribution in [0, 0.1) is 17.3 Å². The van der Waals surface area contributed by atoms with Crippen LogP contribution in [0.3, 0.4) is 0 Å². The van der Waals surface area contributed by atoms with Crippen molar-refractivity contribution in [2.24, 2.45) is 17.3 Å². The number of hydrogen-bond acceptors (Lipinski definition) is 4. The Labute approximate surface area is 175 Å². The summed E-state index contributed by atoms with van der Waals surface area (Å²) in [6.45, 7) is 27.7. The highest BCUT2D eigenvalue weighted by Gasteiger charge is 2.65. The fourth-order valence-electron chi connectivity index (χ4n) is 3.32. The van der Waals surface area contributed by atoms with E-state index < -0.39 is 22.7 Å². The second kappa shape index (κ2) is 7.75. The number of carbonyl (C=O) groups is 2. The number of hydrogen-bond donors (Lipinski definition) is 0. The molecular weight excluding hydrogens is 384 g/mol. The van der Waals surface area contributed by atoms with E-state index in [1.807, 2.05) is 0 Å². The van der Waals surface area contributed by atoms with Gasteiger partial charge in [0, 0.05) is 11.8 Å². The molecule has 0 aliphatic heterocycles. The van der Waals surface area contributed by atoms with Crippen LogP contribution in [0.5, 0.6) is 0 Å². The summed E-state index contributed by atoms with van der Waals surface area (Å²) in [5.74, 6) is -0.0780. The molecule has 28 heavy (non-hydrogen) atoms. The third-order valence-corrected chi connectivity index (χ3v) is 16.6. The maximum absolute atomic E-state index is 12.8. The summed E-state index contributed by atoms with van der Waals surface area (Å²) < 4.78 is 13.5. The molecule has 0 heterocycles. The van der Waals surface area contributed by atoms with E-state index in [1.54, 1.807) is 6.92 Å². The largest absolute Gasteiger partial charge is 0.411 e. The number of rotatable bonds is 8. The molecule has 0 bridgehead atoms. The van der Waals surface area contributed by atoms with Crippen molar-refractivity contribution in [3.8, 4) is 0 Å². The smallest absolute Gasteiger partial charge is 0.193 e. The van der Waals surface area contributed by atoms with Crippen LogP contribution >= 0.6 is 0 Å². The first kappa shape index (κ1) is 25.7. The summed E-state index contributed by atoms with van der Waals surface area (Å²) in [6, 6.07) is 0. The molecule has 1 fully saturated rings. The standard InChI is InChI=1S/C22H44O4Si2/c1-15(24)18(25-27(10,11)20(2,3)4)19(17-16(14-23)22(17,8)9)26-28(12,13)21(5,6)7/h14,16-19H,1-13H3/t16-,17-,18-,19+/m1/s1. The molecule has 4 nitrogen and oxygen atoms in total. The SMILES string of the molecule is CC(=O)[C@@H](O[Si](C)(C)C(C)(C)C)[C@@H](O[Si](C)(C)C(C)(C)C)[C@H]1[C@@H](C=O)C1(C)C. The van der Waals surface area contributed by atoms with Crippen molar-refractivity contribution < 1.29 is 18.4 Å². The highest BCUT2D eigenvalue weighted by atomic mass is 28.4. The molecule has 1 aliphatic rings. The van der Waals surface area contributed by atoms with Crippen LogP contribution in [0.2, 0.25) is 36.3 Å². The maximum Gasteiger partial charge on any atom is 0.193 e. The van der Waals surface area contributed by atoms with Gasteiger partial charge in [-0.05, 0) is 48.6 Å². The molecule has 1 saturated carbocycles. The summed E-state index contributed by atoms with van der Waals surface area (Å²) in [7, 11) is -4.34. The van der Waals surface area contributed by atoms with Crippen molar-refractivity contribution >= 4 is 28.7 Å². The predicted molar refractivity (Wildman–Crippen MR) is 122 cm³/mol. The summed E-state index contributed by atoms with van der Waals surface area (Å²) in [5.41, 5.74) is -0.167. The van der Waals surface area contributed by atoms with Crippen molar-refractivity contribution in [3.63, 3.8) is 0 Å². The summed E-state index contributed by atoms with van der Waals surface area (Å²) in [6.07, 6.45) is 0.0397. The molecule has 0 saturated heterocycles. The molecule has 4 atom stereocenters. The van der Waals surface area contributed by atoms with Crippen molar-refractivity contribution in [2.45, 2.75) is 111 Å². The van der Waals surface area contributed by atoms with E-state index >= 15 is 0 Å². The lowest BCUT2D eigenvalue weighted by atomic mass is 10.00. The van der Waals surface area contributed by atoms with Gasteiger partial charge in [-0.2, -0.15) is 0 Å². The number of Topliss-reactive ketones (excluding diaryl/α,β-unsaturated/α-hetero) is 1. The molecule has 164 valence electrons. The van der Waals surface area contributed by atoms with Gasteiger partial charge in [-0.3, -0.25) is 4.79 Å². The Kier molecular flexibility index (Phi) is 7.12. The fraction of sp³-hybridized carbons (Fsp3) is 0.909. The van der Waals surface area contributed by atoms with Gasteiger partial charge < -0.3 is 13.6 Å². The summed E-state index contributed by atoms with van der Waals surface area (Å²) in [5, 5.41) is 0.00459. The van der Waals surface area contributed by atoms with E-state index in [2.05, 4.69) is 81.6 Å². The van der Waals surface area contributed by atoms with Crippen molar-refractivity contribution in [1.82, 2.24) is 0 Å². The van der Waals surface area contributed by atoms with Crippen LogP contribution < -0.4 is 0 Å². The Morgan fingerprint density at radius 1 is 0.929 bits per heavy atom. The molecule has 0 N–H and O–H groups in total. The van der Waals surface area contributed by atoms with Gasteiger partial charge in [0.2, 0.25) is 0 Å². The van der Waals surface area contributed by atoms with E-state index in [4.69, 9.17) is 8.85 Å². The first-order valence-corrected chi connectivity index (χ1v) is 16.3. The Hall–Kier alpha value is -0.306. The van der Waals surface area contributed by atoms with E-state index in [0.717, 1.165) is 6.29 Å². The molecule has 0 aromatic heterocycles. The lowest BCUT2D eigenvalue weighted by molar-refractivity contribution is -0.130. The van der Waals surface area contributed by atoms with Crippen molar-refractivity contribution in [1.29, 1.82) is 0 Å². The Morgan fingerprint density at radius 2 is 1.32 bits per heavy atom. The third-order valence-electron chi connectivity index (χ3n) is 7.66. The zero-order valence-corrected chi connectivity index (χ0v) is 22.5. The first-order valence-electron chi connectivity index (χ1n) is 10.5. The minimum absolute atomic E-state index is 0.000818. The monoisotopic (exact) mass is 428 g/mol. The average molecular weight is 429 g/mol. The van der Waals surface area contributed by atoms with Crippen LogP contribution in [-0.4, -0.2) is 40.9 Å². The molecule has 0 aromatic carbocycles. The predicted octanol–water partition coefficient (Wildman–Crippen LogP) is 5.83. The van der Waals surface area contributed by atoms with E-state index in [-0.39, 0.29) is 39.2 Å². The number of ketones is 1. The molecule has 1 rings (SSSR count). The minimum Gasteiger partial charge on any atom is -0.411 e. The number of aldehydes is 1. The third kappa shape index (κ3) is 5.05. The van der Waals surface area contributed by atoms with Crippen molar-refractivity contribution in [3.05, 3.63) is 0 Å². The molecule has 0 unspecified atom stereocenters. The molecule has 0 spiro atoms. The van der Waals surface area contributed by atoms with Gasteiger partial charge in [-0.15, -0.1) is 0 Å². The van der Waals surface area contributed by atoms with Gasteiger partial charge in [0.15, 0.2) is 22.4 Å². The Balaban J connectivity index is 3.39. The quantitative estimate of drug-likeness (QED) is 0.360. The summed E-state index contributed by atoms with van der Waals surface area (Å²) in [4.78, 5) is 24.5. The van der Waals surface area contributed by atoms with Crippen LogP contribution in [-0.2, 0) is 18.4 Å². The first-order chi connectivity index (χ1) is 12.2. The van der Waals surface area contributed by atoms with Crippen molar-refractivity contribution in [2.75, 3.05) is 0 Å². The molecule has 0 amide bonds. The highest BCUT2D eigenvalue weighted by molar-refractivity contribution is 6.74. The molecule has 6 heteroatoms. The molecule has 1 aliphatic carbocycles. The van der Waals surface area contributed by atoms with E-state index in [9.17, 15) is 9.59 Å². The highest BCUT2D eigenvalue weighted by Crippen LogP contribution is 2.61. The van der Waals surface area contributed by atoms with E-state index in [1.165, 1.54) is 0 Å². The molecule has 0 aromatic rings. The van der Waals surface area contributed by atoms with Gasteiger partial charge in [-0.25, -0.2) is 0 Å². The lowest BCUT2D eigenvalue weighted by Gasteiger charge is -2.45. The normalized spacial score (nSPS) is 25.2. The Bertz CT molecular complexity index is 597. The number of carbonyl (C=O) groups excluding carboxylic acids is 2. The molecular formula is C22H44O4Si2. The zero-order valence-electron chi connectivity index (χ0n) is 20.5. The van der Waals surface area contributed by atoms with Gasteiger partial charge in [0.05, 0.1) is 6.10 Å². The fourth-order valence-corrected chi connectivity index (χ4v) is 5.91. The van der Waals surface area contributed by atoms with Crippen LogP contribution in [0.25, 0.3) is 0 Å². The van der Waals surface area contributed by atoms with E-state index in [0.29, 0.717) is 0 Å². The van der Waals surface area contributed by atoms with Crippen LogP contribution in [0.15, 0.2) is 0 Å². The lowest BCUT2D eigenvalue weighted by Crippen LogP contribution is -2.55. The van der Waals surface area contributed by atoms with Gasteiger partial charge in [-0.1, -0.05) is 55.4 Å². The van der Waals surface area contributed by atoms with Crippen LogP contribution in [0.4, 0.5) is 0 Å².